The number of halogens is 3. The first-order valence-electron chi connectivity index (χ1n) is 12.6. The Kier molecular flexibility index (Phi) is 7.48. The van der Waals surface area contributed by atoms with Crippen molar-refractivity contribution in [3.8, 4) is 23.3 Å². The third kappa shape index (κ3) is 5.38. The van der Waals surface area contributed by atoms with Crippen molar-refractivity contribution in [2.45, 2.75) is 12.5 Å². The molecule has 0 bridgehead atoms. The van der Waals surface area contributed by atoms with Crippen LogP contribution >= 0.6 is 34.5 Å². The second kappa shape index (κ2) is 11.4. The molecule has 0 saturated heterocycles. The van der Waals surface area contributed by atoms with Crippen molar-refractivity contribution in [2.24, 2.45) is 5.73 Å². The smallest absolute Gasteiger partial charge is 0.355 e. The molecule has 0 spiro atoms. The molecule has 2 heterocycles. The van der Waals surface area contributed by atoms with E-state index in [1.54, 1.807) is 54.6 Å². The lowest BCUT2D eigenvalue weighted by atomic mass is 9.83. The molecule has 0 aliphatic carbocycles. The zero-order valence-corrected chi connectivity index (χ0v) is 23.9. The van der Waals surface area contributed by atoms with Gasteiger partial charge in [0.15, 0.2) is 0 Å². The normalized spacial score (nSPS) is 14.2. The van der Waals surface area contributed by atoms with Crippen LogP contribution in [0.1, 0.15) is 32.3 Å². The van der Waals surface area contributed by atoms with Crippen molar-refractivity contribution in [1.82, 2.24) is 0 Å². The van der Waals surface area contributed by atoms with Gasteiger partial charge in [-0.05, 0) is 53.6 Å². The van der Waals surface area contributed by atoms with Crippen molar-refractivity contribution < 1.29 is 23.4 Å². The number of thiophene rings is 1. The van der Waals surface area contributed by atoms with Gasteiger partial charge in [-0.25, -0.2) is 9.18 Å². The van der Waals surface area contributed by atoms with E-state index in [1.807, 2.05) is 18.2 Å². The van der Waals surface area contributed by atoms with Gasteiger partial charge < -0.3 is 19.9 Å². The van der Waals surface area contributed by atoms with Crippen LogP contribution in [-0.2, 0) is 6.61 Å². The minimum atomic E-state index is -0.628. The summed E-state index contributed by atoms with van der Waals surface area (Å²) in [5.41, 5.74) is 8.62. The highest BCUT2D eigenvalue weighted by atomic mass is 35.5. The van der Waals surface area contributed by atoms with Crippen LogP contribution in [0.5, 0.6) is 17.2 Å². The quantitative estimate of drug-likeness (QED) is 0.152. The molecule has 2 N–H and O–H groups in total. The van der Waals surface area contributed by atoms with Gasteiger partial charge >= 0.3 is 5.97 Å². The highest BCUT2D eigenvalue weighted by Gasteiger charge is 2.31. The Morgan fingerprint density at radius 3 is 2.62 bits per heavy atom. The maximum absolute atomic E-state index is 13.2. The molecule has 1 aromatic heterocycles. The summed E-state index contributed by atoms with van der Waals surface area (Å²) in [5, 5.41) is 11.5. The molecular formula is C32H19Cl2FN2O4S. The van der Waals surface area contributed by atoms with Crippen molar-refractivity contribution in [3.05, 3.63) is 134 Å². The number of esters is 1. The maximum atomic E-state index is 13.2. The molecular weight excluding hydrogens is 598 g/mol. The van der Waals surface area contributed by atoms with E-state index >= 15 is 0 Å². The van der Waals surface area contributed by atoms with Crippen LogP contribution in [0, 0.1) is 17.1 Å². The fraction of sp³-hybridized carbons (Fsp3) is 0.0625. The zero-order chi connectivity index (χ0) is 29.4. The molecule has 0 radical (unpaired) electrons. The summed E-state index contributed by atoms with van der Waals surface area (Å²) in [6, 6.07) is 25.6. The van der Waals surface area contributed by atoms with Gasteiger partial charge in [-0.1, -0.05) is 59.6 Å². The molecule has 5 aromatic rings. The minimum Gasteiger partial charge on any atom is -0.489 e. The zero-order valence-electron chi connectivity index (χ0n) is 21.6. The Balaban J connectivity index is 1.27. The number of nitrogens with two attached hydrogens (primary N) is 1. The van der Waals surface area contributed by atoms with Gasteiger partial charge in [0, 0.05) is 26.7 Å². The molecule has 10 heteroatoms. The first-order chi connectivity index (χ1) is 20.3. The number of allylic oxidation sites excluding steroid dienone is 1. The molecule has 1 unspecified atom stereocenters. The molecule has 6 nitrogen and oxygen atoms in total. The lowest BCUT2D eigenvalue weighted by molar-refractivity contribution is 0.0740. The van der Waals surface area contributed by atoms with E-state index in [0.29, 0.717) is 32.5 Å². The predicted molar refractivity (Wildman–Crippen MR) is 160 cm³/mol. The molecule has 0 fully saturated rings. The van der Waals surface area contributed by atoms with Gasteiger partial charge in [-0.2, -0.15) is 5.26 Å². The Hall–Kier alpha value is -4.55. The number of fused-ring (bicyclic) bond motifs is 2. The predicted octanol–water partition coefficient (Wildman–Crippen LogP) is 8.36. The number of nitriles is 1. The van der Waals surface area contributed by atoms with Crippen LogP contribution in [-0.4, -0.2) is 5.97 Å². The lowest BCUT2D eigenvalue weighted by Crippen LogP contribution is -2.21. The van der Waals surface area contributed by atoms with E-state index in [1.165, 1.54) is 23.5 Å². The summed E-state index contributed by atoms with van der Waals surface area (Å²) in [6.45, 7) is 0.239. The molecule has 208 valence electrons. The van der Waals surface area contributed by atoms with Gasteiger partial charge in [0.25, 0.3) is 0 Å². The van der Waals surface area contributed by atoms with Crippen LogP contribution < -0.4 is 19.9 Å². The van der Waals surface area contributed by atoms with Crippen LogP contribution in [0.25, 0.3) is 10.1 Å². The van der Waals surface area contributed by atoms with E-state index in [-0.39, 0.29) is 34.5 Å². The molecule has 0 saturated carbocycles. The Bertz CT molecular complexity index is 1930. The summed E-state index contributed by atoms with van der Waals surface area (Å²) < 4.78 is 31.4. The molecule has 1 aliphatic rings. The van der Waals surface area contributed by atoms with Gasteiger partial charge in [0.2, 0.25) is 5.88 Å². The summed E-state index contributed by atoms with van der Waals surface area (Å²) in [6.07, 6.45) is 0. The second-order valence-corrected chi connectivity index (χ2v) is 11.3. The Labute approximate surface area is 253 Å². The summed E-state index contributed by atoms with van der Waals surface area (Å²) in [4.78, 5) is 13.3. The van der Waals surface area contributed by atoms with Crippen molar-refractivity contribution in [3.63, 3.8) is 0 Å². The summed E-state index contributed by atoms with van der Waals surface area (Å²) >= 11 is 13.7. The molecule has 0 amide bonds. The second-order valence-electron chi connectivity index (χ2n) is 9.39. The average Bonchev–Trinajstić information content (AvgIpc) is 3.31. The molecule has 4 aromatic carbocycles. The number of benzene rings is 4. The SMILES string of the molecule is N#CC1=C(N)Oc2cc(OC(=O)c3sc4cc(Cl)ccc4c3Cl)ccc2C1c1cccc(OCc2ccc(F)cc2)c1. The van der Waals surface area contributed by atoms with E-state index in [4.69, 9.17) is 43.1 Å². The highest BCUT2D eigenvalue weighted by molar-refractivity contribution is 7.21. The summed E-state index contributed by atoms with van der Waals surface area (Å²) in [7, 11) is 0. The number of rotatable bonds is 6. The Morgan fingerprint density at radius 1 is 1.02 bits per heavy atom. The molecule has 6 rings (SSSR count). The van der Waals surface area contributed by atoms with Crippen LogP contribution in [0.15, 0.2) is 96.4 Å². The topological polar surface area (TPSA) is 94.6 Å². The highest BCUT2D eigenvalue weighted by Crippen LogP contribution is 2.44. The van der Waals surface area contributed by atoms with E-state index in [2.05, 4.69) is 6.07 Å². The van der Waals surface area contributed by atoms with Crippen molar-refractivity contribution >= 4 is 50.6 Å². The van der Waals surface area contributed by atoms with Crippen LogP contribution in [0.3, 0.4) is 0 Å². The average molecular weight is 617 g/mol. The third-order valence-electron chi connectivity index (χ3n) is 6.69. The molecule has 1 aliphatic heterocycles. The van der Waals surface area contributed by atoms with Crippen molar-refractivity contribution in [2.75, 3.05) is 0 Å². The molecule has 1 atom stereocenters. The Morgan fingerprint density at radius 2 is 1.83 bits per heavy atom. The number of carbonyl (C=O) groups is 1. The largest absolute Gasteiger partial charge is 0.489 e. The number of hydrogen-bond acceptors (Lipinski definition) is 7. The first-order valence-corrected chi connectivity index (χ1v) is 14.2. The van der Waals surface area contributed by atoms with Crippen LogP contribution in [0.2, 0.25) is 10.0 Å². The number of nitrogens with zero attached hydrogens (tertiary/aromatic N) is 1. The van der Waals surface area contributed by atoms with E-state index in [0.717, 1.165) is 15.8 Å². The van der Waals surface area contributed by atoms with E-state index in [9.17, 15) is 14.4 Å². The van der Waals surface area contributed by atoms with Gasteiger partial charge in [0.05, 0.1) is 10.9 Å². The summed E-state index contributed by atoms with van der Waals surface area (Å²) in [5.74, 6) is -0.438. The van der Waals surface area contributed by atoms with Gasteiger partial charge in [-0.15, -0.1) is 11.3 Å². The van der Waals surface area contributed by atoms with E-state index < -0.39 is 11.9 Å². The standard InChI is InChI=1S/C32H19Cl2FN2O4S/c33-19-6-10-24-27(13-19)42-30(29(24)34)32(38)40-22-9-11-23-26(14-22)41-31(37)25(15-36)28(23)18-2-1-3-21(12-18)39-16-17-4-7-20(35)8-5-17/h1-14,28H,16,37H2. The fourth-order valence-corrected chi connectivity index (χ4v) is 6.36. The lowest BCUT2D eigenvalue weighted by Gasteiger charge is -2.27. The monoisotopic (exact) mass is 616 g/mol. The van der Waals surface area contributed by atoms with Crippen LogP contribution in [0.4, 0.5) is 4.39 Å². The number of hydrogen-bond donors (Lipinski definition) is 1. The fourth-order valence-electron chi connectivity index (χ4n) is 4.70. The van der Waals surface area contributed by atoms with Gasteiger partial charge in [0.1, 0.15) is 46.2 Å². The third-order valence-corrected chi connectivity index (χ3v) is 8.56. The number of ether oxygens (including phenoxy) is 3. The molecule has 42 heavy (non-hydrogen) atoms. The minimum absolute atomic E-state index is 0.0551. The van der Waals surface area contributed by atoms with Crippen molar-refractivity contribution in [1.29, 1.82) is 5.26 Å². The number of carbonyl (C=O) groups excluding carboxylic acids is 1. The van der Waals surface area contributed by atoms with Gasteiger partial charge in [-0.3, -0.25) is 0 Å². The maximum Gasteiger partial charge on any atom is 0.355 e. The first kappa shape index (κ1) is 27.6.